The molecule has 2 fully saturated rings. The van der Waals surface area contributed by atoms with E-state index in [1.54, 1.807) is 9.80 Å². The van der Waals surface area contributed by atoms with Gasteiger partial charge < -0.3 is 9.47 Å². The van der Waals surface area contributed by atoms with Gasteiger partial charge in [-0.1, -0.05) is 12.8 Å². The van der Waals surface area contributed by atoms with Crippen LogP contribution in [-0.2, 0) is 28.7 Å². The number of morpholine rings is 2. The van der Waals surface area contributed by atoms with Crippen LogP contribution in [0.15, 0.2) is 0 Å². The summed E-state index contributed by atoms with van der Waals surface area (Å²) in [5.74, 6) is -1.95. The Bertz CT molecular complexity index is 390. The Labute approximate surface area is 128 Å². The molecule has 0 saturated carbocycles. The van der Waals surface area contributed by atoms with Gasteiger partial charge in [0.05, 0.1) is 26.2 Å². The largest absolute Gasteiger partial charge is 0.391 e. The smallest absolute Gasteiger partial charge is 0.327 e. The maximum atomic E-state index is 11.1. The van der Waals surface area contributed by atoms with Crippen LogP contribution in [0.2, 0.25) is 0 Å². The molecule has 0 atom stereocenters. The summed E-state index contributed by atoms with van der Waals surface area (Å²) in [7, 11) is 0. The van der Waals surface area contributed by atoms with Gasteiger partial charge in [-0.15, -0.1) is 0 Å². The number of carbonyl (C=O) groups is 4. The van der Waals surface area contributed by atoms with Crippen molar-refractivity contribution in [2.24, 2.45) is 0 Å². The fourth-order valence-electron chi connectivity index (χ4n) is 2.57. The Kier molecular flexibility index (Phi) is 6.02. The Hall–Kier alpha value is -1.80. The second kappa shape index (κ2) is 8.00. The van der Waals surface area contributed by atoms with E-state index in [1.165, 1.54) is 0 Å². The average molecular weight is 312 g/mol. The van der Waals surface area contributed by atoms with E-state index in [9.17, 15) is 19.2 Å². The second-order valence-electron chi connectivity index (χ2n) is 5.53. The van der Waals surface area contributed by atoms with Gasteiger partial charge >= 0.3 is 23.9 Å². The molecule has 8 heteroatoms. The number of unbranched alkanes of at least 4 members (excludes halogenated alkanes) is 3. The molecule has 2 rings (SSSR count). The van der Waals surface area contributed by atoms with E-state index >= 15 is 0 Å². The average Bonchev–Trinajstić information content (AvgIpc) is 2.40. The van der Waals surface area contributed by atoms with Crippen LogP contribution in [0.3, 0.4) is 0 Å². The number of hydrogen-bond donors (Lipinski definition) is 0. The van der Waals surface area contributed by atoms with Crippen LogP contribution in [-0.4, -0.2) is 72.9 Å². The van der Waals surface area contributed by atoms with Crippen molar-refractivity contribution in [3.63, 3.8) is 0 Å². The van der Waals surface area contributed by atoms with Gasteiger partial charge in [0.15, 0.2) is 0 Å². The predicted octanol–water partition coefficient (Wildman–Crippen LogP) is -0.682. The molecule has 0 bridgehead atoms. The minimum Gasteiger partial charge on any atom is -0.391 e. The summed E-state index contributed by atoms with van der Waals surface area (Å²) in [4.78, 5) is 47.9. The summed E-state index contributed by atoms with van der Waals surface area (Å²) in [6.45, 7) is 2.06. The first-order valence-corrected chi connectivity index (χ1v) is 7.44. The number of rotatable bonds is 7. The van der Waals surface area contributed by atoms with Crippen LogP contribution < -0.4 is 0 Å². The fraction of sp³-hybridized carbons (Fsp3) is 0.714. The predicted molar refractivity (Wildman–Crippen MR) is 73.5 cm³/mol. The first kappa shape index (κ1) is 16.6. The van der Waals surface area contributed by atoms with Gasteiger partial charge in [-0.05, 0) is 25.9 Å². The minimum atomic E-state index is -0.488. The molecule has 0 unspecified atom stereocenters. The maximum Gasteiger partial charge on any atom is 0.327 e. The third kappa shape index (κ3) is 5.53. The van der Waals surface area contributed by atoms with Gasteiger partial charge in [0, 0.05) is 0 Å². The lowest BCUT2D eigenvalue weighted by atomic mass is 10.1. The SMILES string of the molecule is O=C1CN(CCCCCCN2CC(=O)OC(=O)C2)CC(=O)O1. The van der Waals surface area contributed by atoms with E-state index in [1.807, 2.05) is 0 Å². The molecule has 2 aliphatic heterocycles. The molecule has 0 aromatic heterocycles. The molecular formula is C14H20N2O6. The molecule has 0 N–H and O–H groups in total. The zero-order chi connectivity index (χ0) is 15.9. The van der Waals surface area contributed by atoms with Crippen molar-refractivity contribution in [3.05, 3.63) is 0 Å². The van der Waals surface area contributed by atoms with Crippen LogP contribution in [0.1, 0.15) is 25.7 Å². The summed E-state index contributed by atoms with van der Waals surface area (Å²) in [6.07, 6.45) is 3.71. The highest BCUT2D eigenvalue weighted by Crippen LogP contribution is 2.07. The molecule has 0 aromatic carbocycles. The van der Waals surface area contributed by atoms with Gasteiger partial charge in [0.25, 0.3) is 0 Å². The van der Waals surface area contributed by atoms with Crippen molar-refractivity contribution in [3.8, 4) is 0 Å². The van der Waals surface area contributed by atoms with Crippen LogP contribution in [0, 0.1) is 0 Å². The van der Waals surface area contributed by atoms with Crippen LogP contribution in [0.4, 0.5) is 0 Å². The van der Waals surface area contributed by atoms with Gasteiger partial charge in [0.2, 0.25) is 0 Å². The standard InChI is InChI=1S/C14H20N2O6/c17-11-7-15(8-12(18)21-11)5-3-1-2-4-6-16-9-13(19)22-14(20)10-16/h1-10H2. The first-order chi connectivity index (χ1) is 10.5. The van der Waals surface area contributed by atoms with E-state index in [2.05, 4.69) is 9.47 Å². The van der Waals surface area contributed by atoms with Crippen LogP contribution >= 0.6 is 0 Å². The zero-order valence-electron chi connectivity index (χ0n) is 12.4. The molecule has 0 spiro atoms. The molecule has 2 saturated heterocycles. The second-order valence-corrected chi connectivity index (χ2v) is 5.53. The number of carbonyl (C=O) groups excluding carboxylic acids is 4. The number of hydrogen-bond acceptors (Lipinski definition) is 8. The lowest BCUT2D eigenvalue weighted by Gasteiger charge is -2.24. The quantitative estimate of drug-likeness (QED) is 0.347. The summed E-state index contributed by atoms with van der Waals surface area (Å²) >= 11 is 0. The normalized spacial score (nSPS) is 20.9. The van der Waals surface area contributed by atoms with E-state index in [0.717, 1.165) is 25.7 Å². The first-order valence-electron chi connectivity index (χ1n) is 7.44. The third-order valence-electron chi connectivity index (χ3n) is 3.56. The summed E-state index contributed by atoms with van der Waals surface area (Å²) in [6, 6.07) is 0. The maximum absolute atomic E-state index is 11.1. The Morgan fingerprint density at radius 1 is 0.591 bits per heavy atom. The molecule has 122 valence electrons. The van der Waals surface area contributed by atoms with Gasteiger partial charge in [-0.25, -0.2) is 0 Å². The molecule has 0 aliphatic carbocycles. The minimum absolute atomic E-state index is 0.170. The van der Waals surface area contributed by atoms with Crippen molar-refractivity contribution in [2.45, 2.75) is 25.7 Å². The third-order valence-corrected chi connectivity index (χ3v) is 3.56. The molecule has 0 aromatic rings. The molecular weight excluding hydrogens is 292 g/mol. The van der Waals surface area contributed by atoms with Crippen molar-refractivity contribution >= 4 is 23.9 Å². The fourth-order valence-corrected chi connectivity index (χ4v) is 2.57. The molecule has 0 radical (unpaired) electrons. The Balaban J connectivity index is 1.52. The number of cyclic esters (lactones) is 4. The molecule has 2 heterocycles. The molecule has 8 nitrogen and oxygen atoms in total. The highest BCUT2D eigenvalue weighted by atomic mass is 16.6. The van der Waals surface area contributed by atoms with Gasteiger partial charge in [0.1, 0.15) is 0 Å². The van der Waals surface area contributed by atoms with E-state index in [0.29, 0.717) is 13.1 Å². The van der Waals surface area contributed by atoms with Gasteiger partial charge in [-0.2, -0.15) is 0 Å². The Morgan fingerprint density at radius 2 is 0.909 bits per heavy atom. The van der Waals surface area contributed by atoms with Crippen LogP contribution in [0.5, 0.6) is 0 Å². The summed E-state index contributed by atoms with van der Waals surface area (Å²) < 4.78 is 8.91. The highest BCUT2D eigenvalue weighted by molar-refractivity contribution is 5.90. The number of esters is 4. The Morgan fingerprint density at radius 3 is 1.23 bits per heavy atom. The topological polar surface area (TPSA) is 93.2 Å². The molecule has 0 amide bonds. The van der Waals surface area contributed by atoms with Crippen molar-refractivity contribution in [2.75, 3.05) is 39.3 Å². The summed E-state index contributed by atoms with van der Waals surface area (Å²) in [5.41, 5.74) is 0. The van der Waals surface area contributed by atoms with Crippen LogP contribution in [0.25, 0.3) is 0 Å². The number of nitrogens with zero attached hydrogens (tertiary/aromatic N) is 2. The zero-order valence-corrected chi connectivity index (χ0v) is 12.4. The molecule has 22 heavy (non-hydrogen) atoms. The monoisotopic (exact) mass is 312 g/mol. The van der Waals surface area contributed by atoms with E-state index < -0.39 is 23.9 Å². The van der Waals surface area contributed by atoms with Crippen molar-refractivity contribution in [1.29, 1.82) is 0 Å². The lowest BCUT2D eigenvalue weighted by molar-refractivity contribution is -0.168. The lowest BCUT2D eigenvalue weighted by Crippen LogP contribution is -2.43. The summed E-state index contributed by atoms with van der Waals surface area (Å²) in [5, 5.41) is 0. The highest BCUT2D eigenvalue weighted by Gasteiger charge is 2.25. The van der Waals surface area contributed by atoms with E-state index in [4.69, 9.17) is 0 Å². The van der Waals surface area contributed by atoms with E-state index in [-0.39, 0.29) is 26.2 Å². The van der Waals surface area contributed by atoms with Gasteiger partial charge in [-0.3, -0.25) is 29.0 Å². The van der Waals surface area contributed by atoms with Crippen molar-refractivity contribution < 1.29 is 28.7 Å². The molecule has 2 aliphatic rings. The number of ether oxygens (including phenoxy) is 2. The van der Waals surface area contributed by atoms with Crippen molar-refractivity contribution in [1.82, 2.24) is 9.80 Å².